The van der Waals surface area contributed by atoms with Crippen LogP contribution in [0.4, 0.5) is 32.6 Å². The molecular weight excluding hydrogens is 582 g/mol. The van der Waals surface area contributed by atoms with E-state index in [0.29, 0.717) is 31.0 Å². The van der Waals surface area contributed by atoms with Crippen LogP contribution in [0.1, 0.15) is 73.3 Å². The summed E-state index contributed by atoms with van der Waals surface area (Å²) in [7, 11) is 0. The van der Waals surface area contributed by atoms with Crippen molar-refractivity contribution in [2.75, 3.05) is 29.9 Å². The fraction of sp³-hybridized carbons (Fsp3) is 0.548. The number of aliphatic hydroxyl groups is 1. The number of likely N-dealkylation sites (tertiary alicyclic amines) is 1. The molecule has 0 unspecified atom stereocenters. The maximum atomic E-state index is 13.7. The van der Waals surface area contributed by atoms with E-state index in [1.807, 2.05) is 13.8 Å². The highest BCUT2D eigenvalue weighted by atomic mass is 16.6. The Morgan fingerprint density at radius 3 is 2.44 bits per heavy atom. The van der Waals surface area contributed by atoms with Gasteiger partial charge in [0, 0.05) is 42.8 Å². The molecule has 1 saturated heterocycles. The van der Waals surface area contributed by atoms with Gasteiger partial charge in [-0.1, -0.05) is 19.9 Å². The Bertz CT molecular complexity index is 1560. The van der Waals surface area contributed by atoms with Crippen LogP contribution < -0.4 is 10.2 Å². The van der Waals surface area contributed by atoms with E-state index in [0.717, 1.165) is 5.56 Å². The second kappa shape index (κ2) is 12.9. The van der Waals surface area contributed by atoms with Crippen LogP contribution in [0.25, 0.3) is 5.65 Å². The number of aliphatic hydroxyl groups excluding tert-OH is 1. The van der Waals surface area contributed by atoms with E-state index in [-0.39, 0.29) is 35.6 Å². The molecule has 0 aliphatic carbocycles. The average molecular weight is 626 g/mol. The first-order valence-electron chi connectivity index (χ1n) is 15.0. The number of benzene rings is 1. The van der Waals surface area contributed by atoms with Gasteiger partial charge in [0.2, 0.25) is 0 Å². The van der Waals surface area contributed by atoms with E-state index in [9.17, 15) is 24.8 Å². The second-order valence-electron chi connectivity index (χ2n) is 13.5. The smallest absolute Gasteiger partial charge is 0.420 e. The third kappa shape index (κ3) is 8.18. The van der Waals surface area contributed by atoms with Crippen molar-refractivity contribution in [3.05, 3.63) is 52.2 Å². The van der Waals surface area contributed by atoms with E-state index in [1.165, 1.54) is 32.5 Å². The van der Waals surface area contributed by atoms with Gasteiger partial charge in [-0.15, -0.1) is 0 Å². The number of carbonyl (C=O) groups excluding carboxylic acids is 2. The van der Waals surface area contributed by atoms with Gasteiger partial charge in [-0.05, 0) is 59.9 Å². The summed E-state index contributed by atoms with van der Waals surface area (Å²) in [5, 5.41) is 30.4. The number of hydrogen-bond donors (Lipinski definition) is 2. The molecule has 14 nitrogen and oxygen atoms in total. The van der Waals surface area contributed by atoms with Gasteiger partial charge in [-0.3, -0.25) is 10.1 Å². The van der Waals surface area contributed by atoms with Crippen molar-refractivity contribution in [3.8, 4) is 0 Å². The number of non-ortho nitro benzene ring substituents is 1. The molecule has 1 aromatic carbocycles. The van der Waals surface area contributed by atoms with Crippen molar-refractivity contribution in [2.45, 2.75) is 85.0 Å². The molecule has 0 spiro atoms. The Kier molecular flexibility index (Phi) is 9.57. The maximum absolute atomic E-state index is 13.7. The normalized spacial score (nSPS) is 17.3. The summed E-state index contributed by atoms with van der Waals surface area (Å²) in [4.78, 5) is 44.9. The van der Waals surface area contributed by atoms with Crippen molar-refractivity contribution >= 4 is 40.8 Å². The number of nitrogens with zero attached hydrogens (tertiary/aromatic N) is 6. The molecule has 45 heavy (non-hydrogen) atoms. The molecule has 3 aromatic rings. The van der Waals surface area contributed by atoms with E-state index in [2.05, 4.69) is 10.4 Å². The van der Waals surface area contributed by atoms with Gasteiger partial charge in [-0.25, -0.2) is 19.5 Å². The third-order valence-electron chi connectivity index (χ3n) is 7.12. The Balaban J connectivity index is 1.70. The molecule has 3 heterocycles. The quantitative estimate of drug-likeness (QED) is 0.240. The molecule has 244 valence electrons. The predicted octanol–water partition coefficient (Wildman–Crippen LogP) is 5.86. The van der Waals surface area contributed by atoms with Gasteiger partial charge in [0.1, 0.15) is 22.8 Å². The average Bonchev–Trinajstić information content (AvgIpc) is 3.35. The number of piperidine rings is 1. The molecule has 2 atom stereocenters. The summed E-state index contributed by atoms with van der Waals surface area (Å²) in [5.74, 6) is 0.508. The number of nitro benzene ring substituents is 1. The molecule has 2 N–H and O–H groups in total. The number of ether oxygens (including phenoxy) is 2. The largest absolute Gasteiger partial charge is 0.444 e. The number of amides is 2. The van der Waals surface area contributed by atoms with Gasteiger partial charge in [0.15, 0.2) is 5.65 Å². The fourth-order valence-electron chi connectivity index (χ4n) is 4.95. The highest BCUT2D eigenvalue weighted by Crippen LogP contribution is 2.34. The molecule has 1 aliphatic rings. The standard InChI is InChI=1S/C31H43N7O7/c1-19(2)23-17-33-37-26(36(29(41)45-31(6,7)8)21-10-9-11-22(14-21)38(42)43)15-25(34-27(23)37)32-16-20-12-13-35(18-24(20)39)28(40)44-30(3,4)5/h9-11,14-15,17,19-20,24,39H,12-13,16,18H2,1-8H3,(H,32,34)/t20-,24-/m0/s1. The zero-order valence-corrected chi connectivity index (χ0v) is 27.1. The molecule has 4 rings (SSSR count). The first kappa shape index (κ1) is 33.4. The molecule has 1 aliphatic heterocycles. The van der Waals surface area contributed by atoms with E-state index < -0.39 is 34.4 Å². The van der Waals surface area contributed by atoms with Crippen molar-refractivity contribution in [2.24, 2.45) is 5.92 Å². The first-order valence-corrected chi connectivity index (χ1v) is 15.0. The number of carbonyl (C=O) groups is 2. The highest BCUT2D eigenvalue weighted by Gasteiger charge is 2.33. The summed E-state index contributed by atoms with van der Waals surface area (Å²) in [6.07, 6.45) is 0.190. The van der Waals surface area contributed by atoms with Crippen LogP contribution in [-0.2, 0) is 9.47 Å². The van der Waals surface area contributed by atoms with Crippen LogP contribution in [0.15, 0.2) is 36.5 Å². The molecule has 2 aromatic heterocycles. The summed E-state index contributed by atoms with van der Waals surface area (Å²) in [6, 6.07) is 7.34. The highest BCUT2D eigenvalue weighted by molar-refractivity contribution is 5.96. The molecule has 0 saturated carbocycles. The van der Waals surface area contributed by atoms with Crippen LogP contribution in [0.5, 0.6) is 0 Å². The van der Waals surface area contributed by atoms with Crippen LogP contribution in [0.2, 0.25) is 0 Å². The van der Waals surface area contributed by atoms with E-state index >= 15 is 0 Å². The number of fused-ring (bicyclic) bond motifs is 1. The van der Waals surface area contributed by atoms with Crippen LogP contribution in [-0.4, -0.2) is 78.7 Å². The van der Waals surface area contributed by atoms with Gasteiger partial charge in [-0.2, -0.15) is 9.61 Å². The second-order valence-corrected chi connectivity index (χ2v) is 13.5. The Morgan fingerprint density at radius 1 is 1.16 bits per heavy atom. The molecular formula is C31H43N7O7. The summed E-state index contributed by atoms with van der Waals surface area (Å²) >= 11 is 0. The van der Waals surface area contributed by atoms with Crippen molar-refractivity contribution in [1.82, 2.24) is 19.5 Å². The zero-order chi connectivity index (χ0) is 33.3. The Labute approximate surface area is 262 Å². The number of anilines is 3. The lowest BCUT2D eigenvalue weighted by atomic mass is 9.94. The minimum Gasteiger partial charge on any atom is -0.444 e. The van der Waals surface area contributed by atoms with Crippen molar-refractivity contribution in [3.63, 3.8) is 0 Å². The minimum absolute atomic E-state index is 0.0462. The van der Waals surface area contributed by atoms with Gasteiger partial charge < -0.3 is 24.8 Å². The summed E-state index contributed by atoms with van der Waals surface area (Å²) in [6.45, 7) is 15.5. The number of β-amino-alcohol motifs (C(OH)–C–C–N with tert-alkyl or cyclic N) is 1. The zero-order valence-electron chi connectivity index (χ0n) is 27.1. The Morgan fingerprint density at radius 2 is 1.84 bits per heavy atom. The summed E-state index contributed by atoms with van der Waals surface area (Å²) in [5.41, 5.74) is -0.162. The Hall–Kier alpha value is -4.46. The number of rotatable bonds is 7. The number of nitrogens with one attached hydrogen (secondary N) is 1. The van der Waals surface area contributed by atoms with Gasteiger partial charge >= 0.3 is 12.2 Å². The van der Waals surface area contributed by atoms with Crippen LogP contribution in [0, 0.1) is 16.0 Å². The SMILES string of the molecule is CC(C)c1cnn2c(N(C(=O)OC(C)(C)C)c3cccc([N+](=O)[O-])c3)cc(NC[C@@H]3CCN(C(=O)OC(C)(C)C)C[C@@H]3O)nc12. The lowest BCUT2D eigenvalue weighted by molar-refractivity contribution is -0.384. The first-order chi connectivity index (χ1) is 20.9. The van der Waals surface area contributed by atoms with Crippen molar-refractivity contribution in [1.29, 1.82) is 0 Å². The predicted molar refractivity (Wildman–Crippen MR) is 169 cm³/mol. The van der Waals surface area contributed by atoms with Gasteiger partial charge in [0.05, 0.1) is 29.5 Å². The number of hydrogen-bond acceptors (Lipinski definition) is 10. The molecule has 1 fully saturated rings. The maximum Gasteiger partial charge on any atom is 0.420 e. The minimum atomic E-state index is -0.860. The monoisotopic (exact) mass is 625 g/mol. The lowest BCUT2D eigenvalue weighted by Crippen LogP contribution is -2.49. The molecule has 0 radical (unpaired) electrons. The topological polar surface area (TPSA) is 165 Å². The van der Waals surface area contributed by atoms with Gasteiger partial charge in [0.25, 0.3) is 5.69 Å². The number of nitro groups is 1. The number of aromatic nitrogens is 3. The van der Waals surface area contributed by atoms with E-state index in [1.54, 1.807) is 59.9 Å². The lowest BCUT2D eigenvalue weighted by Gasteiger charge is -2.36. The fourth-order valence-corrected chi connectivity index (χ4v) is 4.95. The van der Waals surface area contributed by atoms with Crippen LogP contribution >= 0.6 is 0 Å². The molecule has 2 amide bonds. The van der Waals surface area contributed by atoms with Crippen molar-refractivity contribution < 1.29 is 29.1 Å². The molecule has 14 heteroatoms. The van der Waals surface area contributed by atoms with E-state index in [4.69, 9.17) is 14.5 Å². The van der Waals surface area contributed by atoms with Crippen LogP contribution in [0.3, 0.4) is 0 Å². The summed E-state index contributed by atoms with van der Waals surface area (Å²) < 4.78 is 12.7. The molecule has 0 bridgehead atoms. The third-order valence-corrected chi connectivity index (χ3v) is 7.12.